The molecule has 2 N–H and O–H groups in total. The molecular weight excluding hydrogens is 264 g/mol. The standard InChI is InChI=1S/C15H28N6/c1-3-5-7-10-17-15(16-4-2)18-12-14-20-19-13-9-6-8-11-21(13)14/h3-12H2,1-2H3,(H2,16,17,18). The van der Waals surface area contributed by atoms with Gasteiger partial charge in [0, 0.05) is 26.1 Å². The van der Waals surface area contributed by atoms with Crippen LogP contribution in [0.15, 0.2) is 4.99 Å². The molecule has 0 spiro atoms. The molecule has 0 aliphatic carbocycles. The van der Waals surface area contributed by atoms with Crippen molar-refractivity contribution in [3.8, 4) is 0 Å². The number of hydrogen-bond acceptors (Lipinski definition) is 3. The van der Waals surface area contributed by atoms with Gasteiger partial charge in [0.05, 0.1) is 0 Å². The lowest BCUT2D eigenvalue weighted by atomic mass is 10.2. The molecule has 2 rings (SSSR count). The number of aryl methyl sites for hydroxylation is 1. The number of fused-ring (bicyclic) bond motifs is 1. The molecule has 118 valence electrons. The Labute approximate surface area is 127 Å². The number of aromatic nitrogens is 3. The predicted molar refractivity (Wildman–Crippen MR) is 85.3 cm³/mol. The molecule has 2 heterocycles. The first kappa shape index (κ1) is 15.8. The van der Waals surface area contributed by atoms with Crippen LogP contribution < -0.4 is 10.6 Å². The van der Waals surface area contributed by atoms with Gasteiger partial charge in [-0.1, -0.05) is 19.8 Å². The lowest BCUT2D eigenvalue weighted by Crippen LogP contribution is -2.37. The summed E-state index contributed by atoms with van der Waals surface area (Å²) in [4.78, 5) is 4.63. The van der Waals surface area contributed by atoms with E-state index in [9.17, 15) is 0 Å². The molecule has 1 aromatic heterocycles. The van der Waals surface area contributed by atoms with Gasteiger partial charge in [0.15, 0.2) is 11.8 Å². The van der Waals surface area contributed by atoms with Crippen LogP contribution in [0.5, 0.6) is 0 Å². The van der Waals surface area contributed by atoms with Gasteiger partial charge < -0.3 is 15.2 Å². The molecule has 0 saturated heterocycles. The molecule has 21 heavy (non-hydrogen) atoms. The van der Waals surface area contributed by atoms with Crippen molar-refractivity contribution >= 4 is 5.96 Å². The van der Waals surface area contributed by atoms with Crippen molar-refractivity contribution in [2.24, 2.45) is 4.99 Å². The zero-order chi connectivity index (χ0) is 14.9. The van der Waals surface area contributed by atoms with Crippen LogP contribution in [0.2, 0.25) is 0 Å². The van der Waals surface area contributed by atoms with Gasteiger partial charge in [-0.05, 0) is 26.2 Å². The van der Waals surface area contributed by atoms with Crippen LogP contribution in [-0.4, -0.2) is 33.8 Å². The summed E-state index contributed by atoms with van der Waals surface area (Å²) < 4.78 is 2.23. The monoisotopic (exact) mass is 292 g/mol. The molecule has 0 atom stereocenters. The molecular formula is C15H28N6. The molecule has 6 nitrogen and oxygen atoms in total. The first-order valence-electron chi connectivity index (χ1n) is 8.28. The number of nitrogens with one attached hydrogen (secondary N) is 2. The van der Waals surface area contributed by atoms with Gasteiger partial charge in [0.1, 0.15) is 12.4 Å². The van der Waals surface area contributed by atoms with Crippen molar-refractivity contribution < 1.29 is 0 Å². The Morgan fingerprint density at radius 3 is 2.90 bits per heavy atom. The average Bonchev–Trinajstić information content (AvgIpc) is 2.92. The van der Waals surface area contributed by atoms with Crippen molar-refractivity contribution in [3.05, 3.63) is 11.6 Å². The second-order valence-corrected chi connectivity index (χ2v) is 5.47. The summed E-state index contributed by atoms with van der Waals surface area (Å²) in [6.45, 7) is 7.77. The molecule has 0 aromatic carbocycles. The highest BCUT2D eigenvalue weighted by molar-refractivity contribution is 5.79. The first-order chi connectivity index (χ1) is 10.3. The number of unbranched alkanes of at least 4 members (excludes halogenated alkanes) is 2. The van der Waals surface area contributed by atoms with Crippen molar-refractivity contribution in [2.75, 3.05) is 13.1 Å². The molecule has 1 aliphatic heterocycles. The van der Waals surface area contributed by atoms with Crippen LogP contribution in [0.3, 0.4) is 0 Å². The Kier molecular flexibility index (Phi) is 6.50. The summed E-state index contributed by atoms with van der Waals surface area (Å²) >= 11 is 0. The summed E-state index contributed by atoms with van der Waals surface area (Å²) in [7, 11) is 0. The minimum atomic E-state index is 0.593. The number of hydrogen-bond donors (Lipinski definition) is 2. The number of rotatable bonds is 7. The van der Waals surface area contributed by atoms with Gasteiger partial charge in [0.25, 0.3) is 0 Å². The third kappa shape index (κ3) is 4.72. The third-order valence-corrected chi connectivity index (χ3v) is 3.73. The summed E-state index contributed by atoms with van der Waals surface area (Å²) in [5.74, 6) is 2.98. The van der Waals surface area contributed by atoms with Gasteiger partial charge in [-0.15, -0.1) is 10.2 Å². The Bertz CT molecular complexity index is 451. The normalized spacial score (nSPS) is 14.9. The van der Waals surface area contributed by atoms with Crippen LogP contribution in [0.25, 0.3) is 0 Å². The van der Waals surface area contributed by atoms with E-state index in [0.717, 1.165) is 43.7 Å². The first-order valence-corrected chi connectivity index (χ1v) is 8.28. The third-order valence-electron chi connectivity index (χ3n) is 3.73. The second kappa shape index (κ2) is 8.64. The van der Waals surface area contributed by atoms with E-state index >= 15 is 0 Å². The second-order valence-electron chi connectivity index (χ2n) is 5.47. The smallest absolute Gasteiger partial charge is 0.191 e. The van der Waals surface area contributed by atoms with E-state index in [4.69, 9.17) is 0 Å². The number of aliphatic imine (C=N–C) groups is 1. The minimum absolute atomic E-state index is 0.593. The molecule has 1 aromatic rings. The van der Waals surface area contributed by atoms with Gasteiger partial charge in [-0.25, -0.2) is 4.99 Å². The fourth-order valence-electron chi connectivity index (χ4n) is 2.56. The van der Waals surface area contributed by atoms with E-state index < -0.39 is 0 Å². The van der Waals surface area contributed by atoms with E-state index in [-0.39, 0.29) is 0 Å². The maximum absolute atomic E-state index is 4.63. The maximum Gasteiger partial charge on any atom is 0.191 e. The van der Waals surface area contributed by atoms with E-state index in [1.165, 1.54) is 32.1 Å². The SMILES string of the molecule is CCCCCNC(=NCc1nnc2n1CCCC2)NCC. The highest BCUT2D eigenvalue weighted by atomic mass is 15.3. The summed E-state index contributed by atoms with van der Waals surface area (Å²) in [6, 6.07) is 0. The average molecular weight is 292 g/mol. The van der Waals surface area contributed by atoms with Crippen LogP contribution in [0.1, 0.15) is 57.6 Å². The molecule has 0 radical (unpaired) electrons. The maximum atomic E-state index is 4.63. The lowest BCUT2D eigenvalue weighted by molar-refractivity contribution is 0.508. The van der Waals surface area contributed by atoms with Crippen molar-refractivity contribution in [2.45, 2.75) is 65.5 Å². The summed E-state index contributed by atoms with van der Waals surface area (Å²) in [5, 5.41) is 15.2. The largest absolute Gasteiger partial charge is 0.357 e. The number of nitrogens with zero attached hydrogens (tertiary/aromatic N) is 4. The molecule has 0 amide bonds. The lowest BCUT2D eigenvalue weighted by Gasteiger charge is -2.14. The van der Waals surface area contributed by atoms with E-state index in [1.54, 1.807) is 0 Å². The predicted octanol–water partition coefficient (Wildman–Crippen LogP) is 1.86. The van der Waals surface area contributed by atoms with E-state index in [0.29, 0.717) is 6.54 Å². The molecule has 0 fully saturated rings. The minimum Gasteiger partial charge on any atom is -0.357 e. The van der Waals surface area contributed by atoms with Crippen LogP contribution in [0, 0.1) is 0 Å². The fraction of sp³-hybridized carbons (Fsp3) is 0.800. The molecule has 0 saturated carbocycles. The molecule has 0 unspecified atom stereocenters. The zero-order valence-electron chi connectivity index (χ0n) is 13.4. The summed E-state index contributed by atoms with van der Waals surface area (Å²) in [6.07, 6.45) is 7.17. The Morgan fingerprint density at radius 1 is 1.19 bits per heavy atom. The van der Waals surface area contributed by atoms with Crippen LogP contribution in [-0.2, 0) is 19.5 Å². The topological polar surface area (TPSA) is 67.1 Å². The van der Waals surface area contributed by atoms with Gasteiger partial charge in [-0.2, -0.15) is 0 Å². The van der Waals surface area contributed by atoms with Crippen molar-refractivity contribution in [1.82, 2.24) is 25.4 Å². The van der Waals surface area contributed by atoms with Gasteiger partial charge in [0.2, 0.25) is 0 Å². The Balaban J connectivity index is 1.90. The van der Waals surface area contributed by atoms with Gasteiger partial charge >= 0.3 is 0 Å². The molecule has 0 bridgehead atoms. The van der Waals surface area contributed by atoms with Gasteiger partial charge in [-0.3, -0.25) is 0 Å². The molecule has 6 heteroatoms. The molecule has 1 aliphatic rings. The van der Waals surface area contributed by atoms with Crippen LogP contribution >= 0.6 is 0 Å². The zero-order valence-corrected chi connectivity index (χ0v) is 13.4. The highest BCUT2D eigenvalue weighted by Gasteiger charge is 2.15. The Morgan fingerprint density at radius 2 is 2.10 bits per heavy atom. The van der Waals surface area contributed by atoms with Crippen molar-refractivity contribution in [1.29, 1.82) is 0 Å². The highest BCUT2D eigenvalue weighted by Crippen LogP contribution is 2.14. The fourth-order valence-corrected chi connectivity index (χ4v) is 2.56. The summed E-state index contributed by atoms with van der Waals surface area (Å²) in [5.41, 5.74) is 0. The van der Waals surface area contributed by atoms with Crippen molar-refractivity contribution in [3.63, 3.8) is 0 Å². The van der Waals surface area contributed by atoms with E-state index in [2.05, 4.69) is 44.2 Å². The quantitative estimate of drug-likeness (QED) is 0.457. The van der Waals surface area contributed by atoms with E-state index in [1.807, 2.05) is 0 Å². The van der Waals surface area contributed by atoms with Crippen LogP contribution in [0.4, 0.5) is 0 Å². The number of guanidine groups is 1. The Hall–Kier alpha value is -1.59.